The average molecular weight is 316 g/mol. The van der Waals surface area contributed by atoms with Gasteiger partial charge in [0.15, 0.2) is 5.58 Å². The van der Waals surface area contributed by atoms with Gasteiger partial charge in [-0.3, -0.25) is 14.0 Å². The number of rotatable bonds is 3. The van der Waals surface area contributed by atoms with Crippen molar-refractivity contribution in [3.63, 3.8) is 0 Å². The predicted octanol–water partition coefficient (Wildman–Crippen LogP) is 2.11. The van der Waals surface area contributed by atoms with E-state index in [0.29, 0.717) is 27.2 Å². The van der Waals surface area contributed by atoms with Crippen LogP contribution in [0.3, 0.4) is 0 Å². The van der Waals surface area contributed by atoms with Crippen LogP contribution in [0.1, 0.15) is 10.4 Å². The van der Waals surface area contributed by atoms with Crippen molar-refractivity contribution in [3.05, 3.63) is 58.6 Å². The third kappa shape index (κ3) is 2.84. The Morgan fingerprint density at radius 1 is 1.18 bits per heavy atom. The minimum Gasteiger partial charge on any atom is -0.408 e. The van der Waals surface area contributed by atoms with Gasteiger partial charge in [0, 0.05) is 33.2 Å². The van der Waals surface area contributed by atoms with E-state index in [1.165, 1.54) is 0 Å². The summed E-state index contributed by atoms with van der Waals surface area (Å²) < 4.78 is 16.2. The first kappa shape index (κ1) is 14.3. The number of carbonyl (C=O) groups is 1. The number of nitrogens with one attached hydrogen (secondary N) is 2. The quantitative estimate of drug-likeness (QED) is 0.774. The van der Waals surface area contributed by atoms with Crippen LogP contribution in [0.2, 0.25) is 0 Å². The van der Waals surface area contributed by atoms with E-state index in [9.17, 15) is 13.8 Å². The van der Waals surface area contributed by atoms with Gasteiger partial charge in [0.1, 0.15) is 0 Å². The lowest BCUT2D eigenvalue weighted by atomic mass is 10.2. The minimum atomic E-state index is -1.08. The molecule has 112 valence electrons. The minimum absolute atomic E-state index is 0.293. The summed E-state index contributed by atoms with van der Waals surface area (Å²) in [6, 6.07) is 11.4. The van der Waals surface area contributed by atoms with Gasteiger partial charge in [-0.15, -0.1) is 0 Å². The Morgan fingerprint density at radius 2 is 1.91 bits per heavy atom. The summed E-state index contributed by atoms with van der Waals surface area (Å²) in [5.41, 5.74) is 1.94. The molecule has 1 aromatic heterocycles. The number of hydrogen-bond donors (Lipinski definition) is 2. The predicted molar refractivity (Wildman–Crippen MR) is 83.6 cm³/mol. The molecule has 2 aromatic carbocycles. The first-order valence-electron chi connectivity index (χ1n) is 6.40. The molecular formula is C15H12N2O4S. The highest BCUT2D eigenvalue weighted by molar-refractivity contribution is 7.84. The first-order chi connectivity index (χ1) is 10.5. The van der Waals surface area contributed by atoms with Crippen LogP contribution in [0.5, 0.6) is 0 Å². The zero-order valence-electron chi connectivity index (χ0n) is 11.6. The zero-order valence-corrected chi connectivity index (χ0v) is 12.4. The lowest BCUT2D eigenvalue weighted by Gasteiger charge is -2.05. The molecule has 0 aliphatic heterocycles. The fourth-order valence-corrected chi connectivity index (χ4v) is 2.55. The molecule has 0 radical (unpaired) electrons. The molecular weight excluding hydrogens is 304 g/mol. The highest BCUT2D eigenvalue weighted by atomic mass is 32.2. The summed E-state index contributed by atoms with van der Waals surface area (Å²) in [7, 11) is -1.08. The number of aromatic nitrogens is 1. The molecule has 0 aliphatic rings. The zero-order chi connectivity index (χ0) is 15.7. The Morgan fingerprint density at radius 3 is 2.59 bits per heavy atom. The standard InChI is InChI=1S/C15H12N2O4S/c1-22(20)11-5-2-9(3-6-11)14(18)16-10-4-7-13-12(8-10)17-15(19)21-13/h2-8H,1H3,(H,16,18)(H,17,19). The van der Waals surface area contributed by atoms with Crippen molar-refractivity contribution in [1.29, 1.82) is 0 Å². The topological polar surface area (TPSA) is 92.2 Å². The molecule has 1 amide bonds. The first-order valence-corrected chi connectivity index (χ1v) is 7.96. The van der Waals surface area contributed by atoms with Crippen LogP contribution >= 0.6 is 0 Å². The number of fused-ring (bicyclic) bond motifs is 1. The molecule has 6 nitrogen and oxygen atoms in total. The molecule has 0 saturated heterocycles. The molecule has 0 bridgehead atoms. The summed E-state index contributed by atoms with van der Waals surface area (Å²) in [6.45, 7) is 0. The van der Waals surface area contributed by atoms with Gasteiger partial charge >= 0.3 is 5.76 Å². The van der Waals surface area contributed by atoms with Crippen LogP contribution in [-0.4, -0.2) is 21.4 Å². The number of aromatic amines is 1. The molecule has 1 unspecified atom stereocenters. The Bertz CT molecular complexity index is 925. The van der Waals surface area contributed by atoms with Crippen molar-refractivity contribution in [3.8, 4) is 0 Å². The highest BCUT2D eigenvalue weighted by Crippen LogP contribution is 2.17. The van der Waals surface area contributed by atoms with Crippen LogP contribution in [-0.2, 0) is 10.8 Å². The molecule has 0 aliphatic carbocycles. The van der Waals surface area contributed by atoms with Gasteiger partial charge in [-0.1, -0.05) is 0 Å². The van der Waals surface area contributed by atoms with Crippen molar-refractivity contribution in [1.82, 2.24) is 4.98 Å². The number of oxazole rings is 1. The van der Waals surface area contributed by atoms with Crippen molar-refractivity contribution < 1.29 is 13.4 Å². The number of carbonyl (C=O) groups excluding carboxylic acids is 1. The molecule has 22 heavy (non-hydrogen) atoms. The normalized spacial score (nSPS) is 12.2. The number of amides is 1. The smallest absolute Gasteiger partial charge is 0.408 e. The second kappa shape index (κ2) is 5.61. The van der Waals surface area contributed by atoms with E-state index >= 15 is 0 Å². The second-order valence-electron chi connectivity index (χ2n) is 4.66. The summed E-state index contributed by atoms with van der Waals surface area (Å²) in [5, 5.41) is 2.73. The average Bonchev–Trinajstić information content (AvgIpc) is 2.86. The molecule has 1 atom stereocenters. The fourth-order valence-electron chi connectivity index (χ4n) is 2.03. The van der Waals surface area contributed by atoms with Crippen LogP contribution in [0.25, 0.3) is 11.1 Å². The van der Waals surface area contributed by atoms with Gasteiger partial charge in [0.2, 0.25) is 0 Å². The Labute approximate surface area is 127 Å². The van der Waals surface area contributed by atoms with Crippen LogP contribution < -0.4 is 11.1 Å². The molecule has 0 saturated carbocycles. The molecule has 3 rings (SSSR count). The third-order valence-electron chi connectivity index (χ3n) is 3.13. The molecule has 0 fully saturated rings. The van der Waals surface area contributed by atoms with Gasteiger partial charge in [0.05, 0.1) is 5.52 Å². The van der Waals surface area contributed by atoms with Crippen LogP contribution in [0.15, 0.2) is 56.6 Å². The van der Waals surface area contributed by atoms with Gasteiger partial charge in [-0.25, -0.2) is 4.79 Å². The van der Waals surface area contributed by atoms with Gasteiger partial charge < -0.3 is 9.73 Å². The van der Waals surface area contributed by atoms with Crippen molar-refractivity contribution >= 4 is 33.5 Å². The Kier molecular flexibility index (Phi) is 3.64. The monoisotopic (exact) mass is 316 g/mol. The summed E-state index contributed by atoms with van der Waals surface area (Å²) in [4.78, 5) is 26.4. The summed E-state index contributed by atoms with van der Waals surface area (Å²) in [5.74, 6) is -0.833. The molecule has 7 heteroatoms. The highest BCUT2D eigenvalue weighted by Gasteiger charge is 2.08. The lowest BCUT2D eigenvalue weighted by Crippen LogP contribution is -2.11. The maximum absolute atomic E-state index is 12.2. The lowest BCUT2D eigenvalue weighted by molar-refractivity contribution is 0.102. The van der Waals surface area contributed by atoms with Crippen molar-refractivity contribution in [2.75, 3.05) is 11.6 Å². The van der Waals surface area contributed by atoms with Crippen molar-refractivity contribution in [2.24, 2.45) is 0 Å². The third-order valence-corrected chi connectivity index (χ3v) is 4.06. The van der Waals surface area contributed by atoms with E-state index in [1.807, 2.05) is 0 Å². The van der Waals surface area contributed by atoms with E-state index in [4.69, 9.17) is 4.42 Å². The largest absolute Gasteiger partial charge is 0.417 e. The van der Waals surface area contributed by atoms with E-state index < -0.39 is 16.6 Å². The van der Waals surface area contributed by atoms with E-state index in [-0.39, 0.29) is 5.91 Å². The maximum atomic E-state index is 12.2. The number of anilines is 1. The van der Waals surface area contributed by atoms with Gasteiger partial charge in [0.25, 0.3) is 5.91 Å². The Balaban J connectivity index is 1.82. The maximum Gasteiger partial charge on any atom is 0.417 e. The van der Waals surface area contributed by atoms with E-state index in [2.05, 4.69) is 10.3 Å². The van der Waals surface area contributed by atoms with Gasteiger partial charge in [-0.05, 0) is 42.5 Å². The molecule has 2 N–H and O–H groups in total. The second-order valence-corrected chi connectivity index (χ2v) is 6.04. The summed E-state index contributed by atoms with van der Waals surface area (Å²) in [6.07, 6.45) is 1.58. The number of benzene rings is 2. The Hall–Kier alpha value is -2.67. The number of H-pyrrole nitrogens is 1. The van der Waals surface area contributed by atoms with Crippen molar-refractivity contribution in [2.45, 2.75) is 4.90 Å². The van der Waals surface area contributed by atoms with E-state index in [1.54, 1.807) is 48.7 Å². The molecule has 1 heterocycles. The van der Waals surface area contributed by atoms with Gasteiger partial charge in [-0.2, -0.15) is 0 Å². The van der Waals surface area contributed by atoms with Crippen LogP contribution in [0.4, 0.5) is 5.69 Å². The van der Waals surface area contributed by atoms with E-state index in [0.717, 1.165) is 0 Å². The molecule has 0 spiro atoms. The number of hydrogen-bond acceptors (Lipinski definition) is 4. The molecule has 3 aromatic rings. The van der Waals surface area contributed by atoms with Crippen LogP contribution in [0, 0.1) is 0 Å². The summed E-state index contributed by atoms with van der Waals surface area (Å²) >= 11 is 0. The SMILES string of the molecule is CS(=O)c1ccc(C(=O)Nc2ccc3oc(=O)[nH]c3c2)cc1. The fraction of sp³-hybridized carbons (Fsp3) is 0.0667.